The third-order valence-electron chi connectivity index (χ3n) is 4.89. The first-order valence-electron chi connectivity index (χ1n) is 9.75. The molecule has 156 valence electrons. The molecular weight excluding hydrogens is 430 g/mol. The zero-order valence-corrected chi connectivity index (χ0v) is 18.4. The Morgan fingerprint density at radius 1 is 1.03 bits per heavy atom. The molecule has 5 nitrogen and oxygen atoms in total. The first-order chi connectivity index (χ1) is 15.0. The Morgan fingerprint density at radius 2 is 1.77 bits per heavy atom. The topological polar surface area (TPSA) is 64.0 Å². The van der Waals surface area contributed by atoms with E-state index in [1.807, 2.05) is 55.5 Å². The summed E-state index contributed by atoms with van der Waals surface area (Å²) in [7, 11) is 0. The molecule has 4 aromatic rings. The Hall–Kier alpha value is -3.09. The maximum absolute atomic E-state index is 13.3. The summed E-state index contributed by atoms with van der Waals surface area (Å²) in [5.41, 5.74) is 2.86. The van der Waals surface area contributed by atoms with E-state index in [2.05, 4.69) is 10.3 Å². The molecule has 0 aliphatic heterocycles. The lowest BCUT2D eigenvalue weighted by atomic mass is 10.2. The summed E-state index contributed by atoms with van der Waals surface area (Å²) in [6.45, 7) is 2.31. The number of para-hydroxylation sites is 1. The van der Waals surface area contributed by atoms with Crippen LogP contribution in [0.25, 0.3) is 16.6 Å². The third kappa shape index (κ3) is 4.65. The van der Waals surface area contributed by atoms with Crippen LogP contribution in [0.3, 0.4) is 0 Å². The number of benzene rings is 3. The van der Waals surface area contributed by atoms with Gasteiger partial charge in [0.1, 0.15) is 0 Å². The van der Waals surface area contributed by atoms with Crippen LogP contribution < -0.4 is 10.9 Å². The smallest absolute Gasteiger partial charge is 0.266 e. The van der Waals surface area contributed by atoms with Gasteiger partial charge in [0.15, 0.2) is 5.16 Å². The lowest BCUT2D eigenvalue weighted by Gasteiger charge is -2.15. The van der Waals surface area contributed by atoms with Crippen molar-refractivity contribution in [2.75, 3.05) is 5.75 Å². The van der Waals surface area contributed by atoms with Gasteiger partial charge in [-0.15, -0.1) is 0 Å². The maximum atomic E-state index is 13.3. The fraction of sp³-hybridized carbons (Fsp3) is 0.125. The van der Waals surface area contributed by atoms with Gasteiger partial charge in [-0.1, -0.05) is 71.9 Å². The van der Waals surface area contributed by atoms with Gasteiger partial charge in [0.05, 0.1) is 22.3 Å². The first kappa shape index (κ1) is 21.2. The number of hydrogen-bond acceptors (Lipinski definition) is 4. The van der Waals surface area contributed by atoms with Crippen molar-refractivity contribution < 1.29 is 4.79 Å². The molecule has 1 aromatic heterocycles. The summed E-state index contributed by atoms with van der Waals surface area (Å²) in [6, 6.07) is 22.3. The summed E-state index contributed by atoms with van der Waals surface area (Å²) in [6.07, 6.45) is 0. The van der Waals surface area contributed by atoms with Crippen LogP contribution in [-0.2, 0) is 11.3 Å². The molecule has 0 unspecified atom stereocenters. The van der Waals surface area contributed by atoms with Crippen LogP contribution in [0.4, 0.5) is 0 Å². The normalized spacial score (nSPS) is 10.9. The van der Waals surface area contributed by atoms with E-state index < -0.39 is 0 Å². The molecule has 0 saturated heterocycles. The fourth-order valence-corrected chi connectivity index (χ4v) is 4.24. The average molecular weight is 450 g/mol. The van der Waals surface area contributed by atoms with Crippen molar-refractivity contribution in [1.82, 2.24) is 14.9 Å². The first-order valence-corrected chi connectivity index (χ1v) is 11.1. The van der Waals surface area contributed by atoms with Crippen molar-refractivity contribution >= 4 is 40.2 Å². The highest BCUT2D eigenvalue weighted by molar-refractivity contribution is 7.99. The SMILES string of the molecule is Cc1c(Cl)cccc1-n1c(SCC(=O)NCc2ccccc2)nc2ccccc2c1=O. The summed E-state index contributed by atoms with van der Waals surface area (Å²) in [4.78, 5) is 30.4. The summed E-state index contributed by atoms with van der Waals surface area (Å²) in [5.74, 6) is 0.00246. The molecular formula is C24H20ClN3O2S. The number of halogens is 1. The molecule has 4 rings (SSSR count). The average Bonchev–Trinajstić information content (AvgIpc) is 2.79. The molecule has 7 heteroatoms. The minimum Gasteiger partial charge on any atom is -0.351 e. The molecule has 1 heterocycles. The van der Waals surface area contributed by atoms with Crippen LogP contribution in [0.5, 0.6) is 0 Å². The van der Waals surface area contributed by atoms with Crippen LogP contribution in [0.15, 0.2) is 82.7 Å². The minimum absolute atomic E-state index is 0.134. The second-order valence-electron chi connectivity index (χ2n) is 6.99. The van der Waals surface area contributed by atoms with E-state index in [1.54, 1.807) is 28.8 Å². The fourth-order valence-electron chi connectivity index (χ4n) is 3.24. The predicted molar refractivity (Wildman–Crippen MR) is 126 cm³/mol. The van der Waals surface area contributed by atoms with Crippen molar-refractivity contribution in [2.45, 2.75) is 18.6 Å². The van der Waals surface area contributed by atoms with Crippen LogP contribution >= 0.6 is 23.4 Å². The number of hydrogen-bond donors (Lipinski definition) is 1. The van der Waals surface area contributed by atoms with Gasteiger partial charge in [0.25, 0.3) is 5.56 Å². The Labute approximate surface area is 189 Å². The summed E-state index contributed by atoms with van der Waals surface area (Å²) < 4.78 is 1.54. The molecule has 1 N–H and O–H groups in total. The largest absolute Gasteiger partial charge is 0.351 e. The van der Waals surface area contributed by atoms with Crippen molar-refractivity contribution in [1.29, 1.82) is 0 Å². The van der Waals surface area contributed by atoms with Gasteiger partial charge in [0.2, 0.25) is 5.91 Å². The molecule has 0 aliphatic carbocycles. The number of carbonyl (C=O) groups excluding carboxylic acids is 1. The number of nitrogens with one attached hydrogen (secondary N) is 1. The van der Waals surface area contributed by atoms with Gasteiger partial charge in [-0.25, -0.2) is 4.98 Å². The maximum Gasteiger partial charge on any atom is 0.266 e. The molecule has 0 spiro atoms. The lowest BCUT2D eigenvalue weighted by molar-refractivity contribution is -0.118. The van der Waals surface area contributed by atoms with Gasteiger partial charge in [-0.05, 0) is 42.3 Å². The van der Waals surface area contributed by atoms with Gasteiger partial charge in [0, 0.05) is 11.6 Å². The Morgan fingerprint density at radius 3 is 2.58 bits per heavy atom. The monoisotopic (exact) mass is 449 g/mol. The predicted octanol–water partition coefficient (Wildman–Crippen LogP) is 4.76. The zero-order chi connectivity index (χ0) is 21.8. The van der Waals surface area contributed by atoms with Gasteiger partial charge in [-0.3, -0.25) is 14.2 Å². The number of aromatic nitrogens is 2. The minimum atomic E-state index is -0.192. The second-order valence-corrected chi connectivity index (χ2v) is 8.34. The zero-order valence-electron chi connectivity index (χ0n) is 16.8. The molecule has 0 atom stereocenters. The van der Waals surface area contributed by atoms with Crippen molar-refractivity contribution in [3.63, 3.8) is 0 Å². The van der Waals surface area contributed by atoms with Crippen LogP contribution in [-0.4, -0.2) is 21.2 Å². The van der Waals surface area contributed by atoms with Gasteiger partial charge >= 0.3 is 0 Å². The number of thioether (sulfide) groups is 1. The standard InChI is InChI=1S/C24H20ClN3O2S/c1-16-19(25)11-7-13-21(16)28-23(30)18-10-5-6-12-20(18)27-24(28)31-15-22(29)26-14-17-8-3-2-4-9-17/h2-13H,14-15H2,1H3,(H,26,29). The lowest BCUT2D eigenvalue weighted by Crippen LogP contribution is -2.26. The Bertz CT molecular complexity index is 1310. The van der Waals surface area contributed by atoms with Crippen LogP contribution in [0.2, 0.25) is 5.02 Å². The molecule has 0 aliphatic rings. The van der Waals surface area contributed by atoms with E-state index >= 15 is 0 Å². The van der Waals surface area contributed by atoms with E-state index in [4.69, 9.17) is 11.6 Å². The van der Waals surface area contributed by atoms with Crippen molar-refractivity contribution in [3.8, 4) is 5.69 Å². The number of nitrogens with zero attached hydrogens (tertiary/aromatic N) is 2. The van der Waals surface area contributed by atoms with Crippen molar-refractivity contribution in [2.24, 2.45) is 0 Å². The van der Waals surface area contributed by atoms with Gasteiger partial charge < -0.3 is 5.32 Å². The number of rotatable bonds is 6. The number of amides is 1. The third-order valence-corrected chi connectivity index (χ3v) is 6.24. The van der Waals surface area contributed by atoms with E-state index in [-0.39, 0.29) is 17.2 Å². The summed E-state index contributed by atoms with van der Waals surface area (Å²) >= 11 is 7.53. The van der Waals surface area contributed by atoms with E-state index in [1.165, 1.54) is 11.8 Å². The molecule has 0 fully saturated rings. The second kappa shape index (κ2) is 9.37. The molecule has 0 radical (unpaired) electrons. The van der Waals surface area contributed by atoms with Crippen molar-refractivity contribution in [3.05, 3.63) is 99.3 Å². The van der Waals surface area contributed by atoms with Crippen LogP contribution in [0, 0.1) is 6.92 Å². The molecule has 1 amide bonds. The highest BCUT2D eigenvalue weighted by Crippen LogP contribution is 2.26. The molecule has 31 heavy (non-hydrogen) atoms. The number of fused-ring (bicyclic) bond motifs is 1. The molecule has 3 aromatic carbocycles. The van der Waals surface area contributed by atoms with E-state index in [9.17, 15) is 9.59 Å². The molecule has 0 saturated carbocycles. The summed E-state index contributed by atoms with van der Waals surface area (Å²) in [5, 5.41) is 4.43. The Balaban J connectivity index is 1.65. The van der Waals surface area contributed by atoms with Crippen LogP contribution in [0.1, 0.15) is 11.1 Å². The highest BCUT2D eigenvalue weighted by atomic mass is 35.5. The Kier molecular flexibility index (Phi) is 6.39. The quantitative estimate of drug-likeness (QED) is 0.340. The van der Waals surface area contributed by atoms with Gasteiger partial charge in [-0.2, -0.15) is 0 Å². The number of carbonyl (C=O) groups is 1. The van der Waals surface area contributed by atoms with E-state index in [0.717, 1.165) is 11.1 Å². The highest BCUT2D eigenvalue weighted by Gasteiger charge is 2.17. The van der Waals surface area contributed by atoms with E-state index in [0.29, 0.717) is 33.3 Å². The molecule has 0 bridgehead atoms.